The third-order valence-corrected chi connectivity index (χ3v) is 1.57. The molecule has 5 heteroatoms. The van der Waals surface area contributed by atoms with Crippen molar-refractivity contribution >= 4 is 11.8 Å². The van der Waals surface area contributed by atoms with E-state index in [9.17, 15) is 9.18 Å². The quantitative estimate of drug-likeness (QED) is 0.545. The van der Waals surface area contributed by atoms with Gasteiger partial charge in [0.2, 0.25) is 0 Å². The number of nitrogen functional groups attached to an aromatic ring is 1. The van der Waals surface area contributed by atoms with Crippen molar-refractivity contribution in [2.75, 3.05) is 12.8 Å². The number of carbonyl (C=O) groups excluding carboxylic acids is 1. The first kappa shape index (κ1) is 11.0. The lowest BCUT2D eigenvalue weighted by Crippen LogP contribution is -1.98. The van der Waals surface area contributed by atoms with E-state index in [1.54, 1.807) is 0 Å². The van der Waals surface area contributed by atoms with E-state index in [0.29, 0.717) is 0 Å². The van der Waals surface area contributed by atoms with Crippen LogP contribution in [0.5, 0.6) is 0 Å². The molecule has 0 fully saturated rings. The number of anilines is 1. The molecule has 0 saturated heterocycles. The van der Waals surface area contributed by atoms with Crippen molar-refractivity contribution in [3.63, 3.8) is 0 Å². The standard InChI is InChI=1S/C10H9FN2O2/c1-15-9(14)4-2-3-7-5-8(11)6-13-10(7)12/h5-6H,4H2,1H3,(H2,12,13). The van der Waals surface area contributed by atoms with Gasteiger partial charge in [-0.2, -0.15) is 0 Å². The Morgan fingerprint density at radius 2 is 2.47 bits per heavy atom. The lowest BCUT2D eigenvalue weighted by Gasteiger charge is -1.95. The van der Waals surface area contributed by atoms with E-state index in [4.69, 9.17) is 5.73 Å². The number of aromatic nitrogens is 1. The van der Waals surface area contributed by atoms with Gasteiger partial charge in [0.05, 0.1) is 18.9 Å². The third-order valence-electron chi connectivity index (χ3n) is 1.57. The van der Waals surface area contributed by atoms with Crippen LogP contribution in [0.2, 0.25) is 0 Å². The van der Waals surface area contributed by atoms with Crippen LogP contribution in [0.25, 0.3) is 0 Å². The van der Waals surface area contributed by atoms with E-state index in [1.165, 1.54) is 7.11 Å². The number of hydrogen-bond donors (Lipinski definition) is 1. The molecule has 2 N–H and O–H groups in total. The van der Waals surface area contributed by atoms with E-state index >= 15 is 0 Å². The average Bonchev–Trinajstić information content (AvgIpc) is 2.23. The summed E-state index contributed by atoms with van der Waals surface area (Å²) in [6, 6.07) is 1.16. The predicted molar refractivity (Wildman–Crippen MR) is 52.1 cm³/mol. The zero-order chi connectivity index (χ0) is 11.3. The van der Waals surface area contributed by atoms with Crippen LogP contribution >= 0.6 is 0 Å². The lowest BCUT2D eigenvalue weighted by molar-refractivity contribution is -0.139. The molecule has 1 rings (SSSR count). The highest BCUT2D eigenvalue weighted by molar-refractivity contribution is 5.72. The van der Waals surface area contributed by atoms with Crippen LogP contribution in [0.4, 0.5) is 10.2 Å². The molecule has 0 saturated carbocycles. The van der Waals surface area contributed by atoms with Crippen molar-refractivity contribution in [1.29, 1.82) is 0 Å². The summed E-state index contributed by atoms with van der Waals surface area (Å²) in [5.74, 6) is 4.21. The van der Waals surface area contributed by atoms with Crippen molar-refractivity contribution in [3.05, 3.63) is 23.6 Å². The summed E-state index contributed by atoms with van der Waals surface area (Å²) in [4.78, 5) is 14.3. The van der Waals surface area contributed by atoms with Crippen LogP contribution in [-0.2, 0) is 9.53 Å². The Labute approximate surface area is 86.3 Å². The minimum atomic E-state index is -0.522. The maximum Gasteiger partial charge on any atom is 0.317 e. The number of rotatable bonds is 1. The molecule has 0 amide bonds. The van der Waals surface area contributed by atoms with Crippen LogP contribution in [0.1, 0.15) is 12.0 Å². The molecule has 1 aromatic rings. The van der Waals surface area contributed by atoms with Gasteiger partial charge < -0.3 is 10.5 Å². The second kappa shape index (κ2) is 4.96. The number of ether oxygens (including phenoxy) is 1. The van der Waals surface area contributed by atoms with Gasteiger partial charge in [0.15, 0.2) is 0 Å². The highest BCUT2D eigenvalue weighted by Crippen LogP contribution is 2.07. The lowest BCUT2D eigenvalue weighted by atomic mass is 10.2. The zero-order valence-corrected chi connectivity index (χ0v) is 8.08. The van der Waals surface area contributed by atoms with E-state index < -0.39 is 11.8 Å². The molecule has 1 aromatic heterocycles. The van der Waals surface area contributed by atoms with Gasteiger partial charge in [-0.25, -0.2) is 9.37 Å². The summed E-state index contributed by atoms with van der Waals surface area (Å²) in [6.07, 6.45) is 0.938. The topological polar surface area (TPSA) is 65.2 Å². The Morgan fingerprint density at radius 1 is 1.73 bits per heavy atom. The van der Waals surface area contributed by atoms with Gasteiger partial charge in [0.25, 0.3) is 0 Å². The Morgan fingerprint density at radius 3 is 3.13 bits per heavy atom. The van der Waals surface area contributed by atoms with Gasteiger partial charge >= 0.3 is 5.97 Å². The molecule has 0 bridgehead atoms. The maximum atomic E-state index is 12.7. The Bertz CT molecular complexity index is 435. The fourth-order valence-electron chi connectivity index (χ4n) is 0.834. The fraction of sp³-hybridized carbons (Fsp3) is 0.200. The molecule has 78 valence electrons. The Balaban J connectivity index is 2.79. The first-order valence-corrected chi connectivity index (χ1v) is 4.10. The van der Waals surface area contributed by atoms with E-state index in [2.05, 4.69) is 21.6 Å². The van der Waals surface area contributed by atoms with Gasteiger partial charge in [-0.05, 0) is 6.07 Å². The molecule has 0 radical (unpaired) electrons. The SMILES string of the molecule is COC(=O)CC#Cc1cc(F)cnc1N. The number of halogens is 1. The molecule has 0 aliphatic heterocycles. The molecule has 4 nitrogen and oxygen atoms in total. The molecular weight excluding hydrogens is 199 g/mol. The first-order valence-electron chi connectivity index (χ1n) is 4.10. The van der Waals surface area contributed by atoms with Crippen LogP contribution in [0, 0.1) is 17.7 Å². The Hall–Kier alpha value is -2.09. The molecule has 0 atom stereocenters. The number of nitrogens with two attached hydrogens (primary N) is 1. The fourth-order valence-corrected chi connectivity index (χ4v) is 0.834. The smallest absolute Gasteiger partial charge is 0.317 e. The number of pyridine rings is 1. The van der Waals surface area contributed by atoms with E-state index in [0.717, 1.165) is 12.3 Å². The molecule has 0 aromatic carbocycles. The summed E-state index contributed by atoms with van der Waals surface area (Å²) >= 11 is 0. The maximum absolute atomic E-state index is 12.7. The van der Waals surface area contributed by atoms with Crippen molar-refractivity contribution in [2.24, 2.45) is 0 Å². The molecule has 15 heavy (non-hydrogen) atoms. The van der Waals surface area contributed by atoms with Crippen LogP contribution in [0.15, 0.2) is 12.3 Å². The van der Waals surface area contributed by atoms with Gasteiger partial charge in [-0.3, -0.25) is 4.79 Å². The van der Waals surface area contributed by atoms with Crippen LogP contribution in [0.3, 0.4) is 0 Å². The average molecular weight is 208 g/mol. The minimum absolute atomic E-state index is 0.0630. The number of hydrogen-bond acceptors (Lipinski definition) is 4. The van der Waals surface area contributed by atoms with E-state index in [-0.39, 0.29) is 17.8 Å². The third kappa shape index (κ3) is 3.27. The van der Waals surface area contributed by atoms with Gasteiger partial charge in [-0.1, -0.05) is 11.8 Å². The van der Waals surface area contributed by atoms with Crippen molar-refractivity contribution < 1.29 is 13.9 Å². The molecule has 0 aliphatic rings. The summed E-state index contributed by atoms with van der Waals surface area (Å²) in [5, 5.41) is 0. The van der Waals surface area contributed by atoms with Crippen molar-refractivity contribution in [2.45, 2.75) is 6.42 Å². The number of nitrogens with zero attached hydrogens (tertiary/aromatic N) is 1. The second-order valence-electron chi connectivity index (χ2n) is 2.64. The minimum Gasteiger partial charge on any atom is -0.468 e. The number of esters is 1. The normalized spacial score (nSPS) is 8.93. The van der Waals surface area contributed by atoms with Crippen LogP contribution in [-0.4, -0.2) is 18.1 Å². The monoisotopic (exact) mass is 208 g/mol. The summed E-state index contributed by atoms with van der Waals surface area (Å²) in [5.41, 5.74) is 5.71. The zero-order valence-electron chi connectivity index (χ0n) is 8.08. The Kier molecular flexibility index (Phi) is 3.63. The highest BCUT2D eigenvalue weighted by atomic mass is 19.1. The number of carbonyl (C=O) groups is 1. The van der Waals surface area contributed by atoms with Crippen molar-refractivity contribution in [1.82, 2.24) is 4.98 Å². The largest absolute Gasteiger partial charge is 0.468 e. The van der Waals surface area contributed by atoms with Crippen LogP contribution < -0.4 is 5.73 Å². The highest BCUT2D eigenvalue weighted by Gasteiger charge is 1.99. The van der Waals surface area contributed by atoms with E-state index in [1.807, 2.05) is 0 Å². The van der Waals surface area contributed by atoms with Gasteiger partial charge in [0.1, 0.15) is 18.1 Å². The number of methoxy groups -OCH3 is 1. The first-order chi connectivity index (χ1) is 7.13. The molecule has 0 aliphatic carbocycles. The van der Waals surface area contributed by atoms with Gasteiger partial charge in [0, 0.05) is 0 Å². The predicted octanol–water partition coefficient (Wildman–Crippen LogP) is 0.718. The molecule has 0 spiro atoms. The molecular formula is C10H9FN2O2. The molecule has 0 unspecified atom stereocenters. The van der Waals surface area contributed by atoms with Gasteiger partial charge in [-0.15, -0.1) is 0 Å². The second-order valence-corrected chi connectivity index (χ2v) is 2.64. The molecule has 1 heterocycles. The summed E-state index contributed by atoms with van der Waals surface area (Å²) < 4.78 is 17.1. The van der Waals surface area contributed by atoms with Crippen molar-refractivity contribution in [3.8, 4) is 11.8 Å². The summed E-state index contributed by atoms with van der Waals surface area (Å²) in [6.45, 7) is 0. The summed E-state index contributed by atoms with van der Waals surface area (Å²) in [7, 11) is 1.27.